The van der Waals surface area contributed by atoms with Crippen LogP contribution in [0, 0.1) is 0 Å². The third-order valence-corrected chi connectivity index (χ3v) is 5.72. The SMILES string of the molecule is CNC(=O)N(C)[C@H]1C[C@H](Oc2cc(-c3cnc(N)nc3)nc(N3CCOC[C@@H]3C)n2)C1. The van der Waals surface area contributed by atoms with Gasteiger partial charge in [0.25, 0.3) is 0 Å². The highest BCUT2D eigenvalue weighted by Gasteiger charge is 2.36. The number of carbonyl (C=O) groups excluding carboxylic acids is 1. The first-order chi connectivity index (χ1) is 14.9. The van der Waals surface area contributed by atoms with Gasteiger partial charge in [-0.3, -0.25) is 0 Å². The molecule has 3 N–H and O–H groups in total. The van der Waals surface area contributed by atoms with Crippen LogP contribution in [0.2, 0.25) is 0 Å². The van der Waals surface area contributed by atoms with Crippen LogP contribution in [0.15, 0.2) is 18.5 Å². The maximum atomic E-state index is 11.8. The van der Waals surface area contributed by atoms with E-state index in [9.17, 15) is 4.79 Å². The molecule has 2 amide bonds. The number of nitrogens with zero attached hydrogens (tertiary/aromatic N) is 6. The maximum absolute atomic E-state index is 11.8. The Morgan fingerprint density at radius 3 is 2.74 bits per heavy atom. The summed E-state index contributed by atoms with van der Waals surface area (Å²) >= 11 is 0. The Kier molecular flexibility index (Phi) is 6.03. The summed E-state index contributed by atoms with van der Waals surface area (Å²) in [5, 5.41) is 2.64. The molecule has 1 aliphatic carbocycles. The quantitative estimate of drug-likeness (QED) is 0.713. The zero-order valence-electron chi connectivity index (χ0n) is 18.0. The van der Waals surface area contributed by atoms with Crippen molar-refractivity contribution < 1.29 is 14.3 Å². The number of ether oxygens (including phenoxy) is 2. The van der Waals surface area contributed by atoms with E-state index in [1.54, 1.807) is 37.5 Å². The van der Waals surface area contributed by atoms with Crippen LogP contribution in [0.25, 0.3) is 11.3 Å². The molecular formula is C20H28N8O3. The number of hydrogen-bond donors (Lipinski definition) is 2. The molecule has 2 fully saturated rings. The number of rotatable bonds is 5. The molecule has 1 saturated heterocycles. The molecule has 11 heteroatoms. The normalized spacial score (nSPS) is 23.1. The Labute approximate surface area is 181 Å². The number of urea groups is 1. The van der Waals surface area contributed by atoms with Crippen molar-refractivity contribution in [1.82, 2.24) is 30.2 Å². The summed E-state index contributed by atoms with van der Waals surface area (Å²) in [5.74, 6) is 1.28. The average molecular weight is 428 g/mol. The van der Waals surface area contributed by atoms with Crippen LogP contribution in [-0.2, 0) is 4.74 Å². The molecule has 1 atom stereocenters. The molecular weight excluding hydrogens is 400 g/mol. The van der Waals surface area contributed by atoms with E-state index in [2.05, 4.69) is 32.1 Å². The van der Waals surface area contributed by atoms with Crippen molar-refractivity contribution in [2.24, 2.45) is 0 Å². The predicted octanol–water partition coefficient (Wildman–Crippen LogP) is 0.922. The topological polar surface area (TPSA) is 132 Å². The van der Waals surface area contributed by atoms with Crippen molar-refractivity contribution >= 4 is 17.9 Å². The summed E-state index contributed by atoms with van der Waals surface area (Å²) in [7, 11) is 3.42. The van der Waals surface area contributed by atoms with Gasteiger partial charge in [0.1, 0.15) is 6.10 Å². The number of anilines is 2. The number of morpholine rings is 1. The van der Waals surface area contributed by atoms with Gasteiger partial charge in [0.15, 0.2) is 0 Å². The van der Waals surface area contributed by atoms with Gasteiger partial charge >= 0.3 is 6.03 Å². The minimum absolute atomic E-state index is 0.0162. The molecule has 1 aliphatic heterocycles. The van der Waals surface area contributed by atoms with Crippen molar-refractivity contribution in [2.75, 3.05) is 44.5 Å². The first kappa shape index (κ1) is 21.0. The highest BCUT2D eigenvalue weighted by molar-refractivity contribution is 5.74. The molecule has 1 saturated carbocycles. The van der Waals surface area contributed by atoms with Gasteiger partial charge in [0, 0.05) is 63.5 Å². The number of aromatic nitrogens is 4. The fourth-order valence-corrected chi connectivity index (χ4v) is 3.71. The minimum Gasteiger partial charge on any atom is -0.474 e. The second-order valence-electron chi connectivity index (χ2n) is 7.87. The lowest BCUT2D eigenvalue weighted by atomic mass is 9.88. The number of nitrogen functional groups attached to an aromatic ring is 1. The van der Waals surface area contributed by atoms with Crippen LogP contribution in [0.4, 0.5) is 16.7 Å². The third kappa shape index (κ3) is 4.61. The standard InChI is InChI=1S/C20H28N8O3/c1-12-11-30-5-4-28(12)19-25-16(13-9-23-18(21)24-10-13)8-17(26-19)31-15-6-14(7-15)27(3)20(29)22-2/h8-10,12,14-15H,4-7,11H2,1-3H3,(H,22,29)(H2,21,23,24)/t12-,14-,15-/m0/s1. The molecule has 2 aromatic heterocycles. The number of hydrogen-bond acceptors (Lipinski definition) is 9. The van der Waals surface area contributed by atoms with E-state index in [0.717, 1.165) is 18.4 Å². The zero-order chi connectivity index (χ0) is 22.0. The highest BCUT2D eigenvalue weighted by Crippen LogP contribution is 2.31. The minimum atomic E-state index is -0.0975. The molecule has 2 aromatic rings. The number of nitrogens with two attached hydrogens (primary N) is 1. The Bertz CT molecular complexity index is 919. The second kappa shape index (κ2) is 8.88. The number of carbonyl (C=O) groups is 1. The molecule has 0 spiro atoms. The zero-order valence-corrected chi connectivity index (χ0v) is 18.0. The molecule has 0 unspecified atom stereocenters. The summed E-state index contributed by atoms with van der Waals surface area (Å²) in [6.07, 6.45) is 4.75. The number of amides is 2. The molecule has 2 aliphatic rings. The van der Waals surface area contributed by atoms with Gasteiger partial charge in [-0.25, -0.2) is 19.7 Å². The van der Waals surface area contributed by atoms with E-state index in [1.165, 1.54) is 0 Å². The fraction of sp³-hybridized carbons (Fsp3) is 0.550. The molecule has 0 radical (unpaired) electrons. The number of nitrogens with one attached hydrogen (secondary N) is 1. The Morgan fingerprint density at radius 1 is 1.32 bits per heavy atom. The predicted molar refractivity (Wildman–Crippen MR) is 115 cm³/mol. The largest absolute Gasteiger partial charge is 0.474 e. The van der Waals surface area contributed by atoms with E-state index < -0.39 is 0 Å². The van der Waals surface area contributed by atoms with Crippen LogP contribution < -0.4 is 20.7 Å². The molecule has 11 nitrogen and oxygen atoms in total. The second-order valence-corrected chi connectivity index (χ2v) is 7.87. The molecule has 0 aromatic carbocycles. The van der Waals surface area contributed by atoms with Crippen LogP contribution in [0.5, 0.6) is 5.88 Å². The first-order valence-corrected chi connectivity index (χ1v) is 10.4. The summed E-state index contributed by atoms with van der Waals surface area (Å²) in [6, 6.07) is 1.99. The van der Waals surface area contributed by atoms with E-state index in [0.29, 0.717) is 37.3 Å². The van der Waals surface area contributed by atoms with E-state index in [1.807, 2.05) is 0 Å². The van der Waals surface area contributed by atoms with Gasteiger partial charge in [0.2, 0.25) is 17.8 Å². The van der Waals surface area contributed by atoms with Gasteiger partial charge in [0.05, 0.1) is 24.9 Å². The lowest BCUT2D eigenvalue weighted by molar-refractivity contribution is 0.0408. The summed E-state index contributed by atoms with van der Waals surface area (Å²) in [5.41, 5.74) is 7.02. The monoisotopic (exact) mass is 428 g/mol. The smallest absolute Gasteiger partial charge is 0.317 e. The van der Waals surface area contributed by atoms with Crippen LogP contribution in [0.1, 0.15) is 19.8 Å². The summed E-state index contributed by atoms with van der Waals surface area (Å²) in [6.45, 7) is 4.01. The molecule has 4 rings (SSSR count). The van der Waals surface area contributed by atoms with E-state index >= 15 is 0 Å². The van der Waals surface area contributed by atoms with Crippen LogP contribution in [0.3, 0.4) is 0 Å². The highest BCUT2D eigenvalue weighted by atomic mass is 16.5. The fourth-order valence-electron chi connectivity index (χ4n) is 3.71. The Morgan fingerprint density at radius 2 is 2.06 bits per heavy atom. The van der Waals surface area contributed by atoms with E-state index in [4.69, 9.17) is 20.2 Å². The molecule has 3 heterocycles. The van der Waals surface area contributed by atoms with Crippen molar-refractivity contribution in [3.63, 3.8) is 0 Å². The maximum Gasteiger partial charge on any atom is 0.317 e. The first-order valence-electron chi connectivity index (χ1n) is 10.4. The lowest BCUT2D eigenvalue weighted by Crippen LogP contribution is -2.52. The van der Waals surface area contributed by atoms with Gasteiger partial charge in [-0.15, -0.1) is 0 Å². The average Bonchev–Trinajstić information content (AvgIpc) is 2.75. The van der Waals surface area contributed by atoms with Gasteiger partial charge in [-0.05, 0) is 6.92 Å². The molecule has 0 bridgehead atoms. The van der Waals surface area contributed by atoms with Crippen LogP contribution >= 0.6 is 0 Å². The molecule has 166 valence electrons. The van der Waals surface area contributed by atoms with Crippen molar-refractivity contribution in [2.45, 2.75) is 38.0 Å². The van der Waals surface area contributed by atoms with E-state index in [-0.39, 0.29) is 30.2 Å². The van der Waals surface area contributed by atoms with Crippen molar-refractivity contribution in [3.05, 3.63) is 18.5 Å². The molecule has 31 heavy (non-hydrogen) atoms. The lowest BCUT2D eigenvalue weighted by Gasteiger charge is -2.40. The van der Waals surface area contributed by atoms with Gasteiger partial charge in [-0.1, -0.05) is 0 Å². The van der Waals surface area contributed by atoms with Crippen molar-refractivity contribution in [1.29, 1.82) is 0 Å². The Hall–Kier alpha value is -3.21. The van der Waals surface area contributed by atoms with Crippen LogP contribution in [-0.4, -0.2) is 82.9 Å². The Balaban J connectivity index is 1.55. The van der Waals surface area contributed by atoms with Gasteiger partial charge in [-0.2, -0.15) is 4.98 Å². The van der Waals surface area contributed by atoms with Gasteiger partial charge < -0.3 is 30.3 Å². The summed E-state index contributed by atoms with van der Waals surface area (Å²) < 4.78 is 11.7. The summed E-state index contributed by atoms with van der Waals surface area (Å²) in [4.78, 5) is 33.2. The van der Waals surface area contributed by atoms with Crippen molar-refractivity contribution in [3.8, 4) is 17.1 Å². The third-order valence-electron chi connectivity index (χ3n) is 5.72.